The lowest BCUT2D eigenvalue weighted by Gasteiger charge is -2.32. The van der Waals surface area contributed by atoms with Gasteiger partial charge >= 0.3 is 0 Å². The number of likely N-dealkylation sites (tertiary alicyclic amines) is 1. The van der Waals surface area contributed by atoms with Crippen LogP contribution in [0, 0.1) is 11.8 Å². The lowest BCUT2D eigenvalue weighted by atomic mass is 10.2. The Morgan fingerprint density at radius 2 is 2.19 bits per heavy atom. The minimum absolute atomic E-state index is 0.429. The van der Waals surface area contributed by atoms with E-state index in [4.69, 9.17) is 10.5 Å². The van der Waals surface area contributed by atoms with Gasteiger partial charge < -0.3 is 10.5 Å². The summed E-state index contributed by atoms with van der Waals surface area (Å²) in [5.41, 5.74) is 6.62. The van der Waals surface area contributed by atoms with Crippen LogP contribution >= 0.6 is 11.3 Å². The molecule has 0 aliphatic carbocycles. The Bertz CT molecular complexity index is 513. The fourth-order valence-corrected chi connectivity index (χ4v) is 3.99. The van der Waals surface area contributed by atoms with Crippen LogP contribution in [-0.4, -0.2) is 61.8 Å². The molecular formula is C16H23N3OS. The highest BCUT2D eigenvalue weighted by Crippen LogP contribution is 2.23. The SMILES string of the molecule is NCC#Cc1ccsc1CN1CCC(N2CCOCC2)C1. The van der Waals surface area contributed by atoms with Crippen molar-refractivity contribution in [2.45, 2.75) is 19.0 Å². The van der Waals surface area contributed by atoms with Crippen LogP contribution in [0.25, 0.3) is 0 Å². The van der Waals surface area contributed by atoms with Crippen molar-refractivity contribution in [1.29, 1.82) is 0 Å². The van der Waals surface area contributed by atoms with Gasteiger partial charge in [-0.15, -0.1) is 11.3 Å². The Kier molecular flexibility index (Phi) is 5.28. The fourth-order valence-electron chi connectivity index (χ4n) is 3.12. The first-order valence-corrected chi connectivity index (χ1v) is 8.54. The van der Waals surface area contributed by atoms with E-state index < -0.39 is 0 Å². The van der Waals surface area contributed by atoms with E-state index >= 15 is 0 Å². The van der Waals surface area contributed by atoms with E-state index in [9.17, 15) is 0 Å². The van der Waals surface area contributed by atoms with E-state index in [-0.39, 0.29) is 0 Å². The monoisotopic (exact) mass is 305 g/mol. The number of nitrogens with two attached hydrogens (primary N) is 1. The van der Waals surface area contributed by atoms with Crippen molar-refractivity contribution in [3.05, 3.63) is 21.9 Å². The van der Waals surface area contributed by atoms with Crippen molar-refractivity contribution < 1.29 is 4.74 Å². The molecule has 1 aromatic heterocycles. The van der Waals surface area contributed by atoms with Crippen molar-refractivity contribution in [3.63, 3.8) is 0 Å². The van der Waals surface area contributed by atoms with Crippen LogP contribution in [0.1, 0.15) is 16.9 Å². The van der Waals surface area contributed by atoms with Gasteiger partial charge in [0.05, 0.1) is 19.8 Å². The second-order valence-corrected chi connectivity index (χ2v) is 6.59. The third-order valence-corrected chi connectivity index (χ3v) is 5.15. The predicted molar refractivity (Wildman–Crippen MR) is 86.3 cm³/mol. The molecule has 0 saturated carbocycles. The van der Waals surface area contributed by atoms with Crippen molar-refractivity contribution >= 4 is 11.3 Å². The summed E-state index contributed by atoms with van der Waals surface area (Å²) < 4.78 is 5.45. The largest absolute Gasteiger partial charge is 0.379 e. The van der Waals surface area contributed by atoms with Gasteiger partial charge in [0.2, 0.25) is 0 Å². The molecule has 0 spiro atoms. The third kappa shape index (κ3) is 3.85. The normalized spacial score (nSPS) is 24.0. The minimum Gasteiger partial charge on any atom is -0.379 e. The average Bonchev–Trinajstić information content (AvgIpc) is 3.16. The smallest absolute Gasteiger partial charge is 0.0594 e. The molecule has 0 amide bonds. The van der Waals surface area contributed by atoms with Gasteiger partial charge in [0.25, 0.3) is 0 Å². The van der Waals surface area contributed by atoms with Gasteiger partial charge in [-0.3, -0.25) is 9.80 Å². The molecule has 2 aliphatic heterocycles. The Labute approximate surface area is 130 Å². The summed E-state index contributed by atoms with van der Waals surface area (Å²) in [5, 5.41) is 2.13. The van der Waals surface area contributed by atoms with E-state index in [1.54, 1.807) is 11.3 Å². The third-order valence-electron chi connectivity index (χ3n) is 4.25. The van der Waals surface area contributed by atoms with Crippen LogP contribution in [-0.2, 0) is 11.3 Å². The van der Waals surface area contributed by atoms with Gasteiger partial charge in [-0.05, 0) is 17.9 Å². The van der Waals surface area contributed by atoms with E-state index in [1.165, 1.54) is 24.4 Å². The van der Waals surface area contributed by atoms with Crippen molar-refractivity contribution in [3.8, 4) is 11.8 Å². The second kappa shape index (κ2) is 7.39. The molecule has 5 heteroatoms. The van der Waals surface area contributed by atoms with Gasteiger partial charge in [-0.25, -0.2) is 0 Å². The Balaban J connectivity index is 1.56. The zero-order valence-corrected chi connectivity index (χ0v) is 13.2. The molecule has 3 rings (SSSR count). The summed E-state index contributed by atoms with van der Waals surface area (Å²) in [7, 11) is 0. The molecule has 1 atom stereocenters. The van der Waals surface area contributed by atoms with Crippen LogP contribution in [0.5, 0.6) is 0 Å². The predicted octanol–water partition coefficient (Wildman–Crippen LogP) is 0.965. The number of morpholine rings is 1. The molecule has 1 aromatic rings. The summed E-state index contributed by atoms with van der Waals surface area (Å²) in [6, 6.07) is 2.81. The Morgan fingerprint density at radius 1 is 1.33 bits per heavy atom. The van der Waals surface area contributed by atoms with Crippen molar-refractivity contribution in [2.75, 3.05) is 45.9 Å². The average molecular weight is 305 g/mol. The van der Waals surface area contributed by atoms with Gasteiger partial charge in [0.1, 0.15) is 0 Å². The molecule has 2 aliphatic rings. The maximum atomic E-state index is 5.46. The molecule has 1 unspecified atom stereocenters. The zero-order valence-electron chi connectivity index (χ0n) is 12.4. The topological polar surface area (TPSA) is 41.7 Å². The molecule has 3 heterocycles. The zero-order chi connectivity index (χ0) is 14.5. The number of rotatable bonds is 3. The number of ether oxygens (including phenoxy) is 1. The standard InChI is InChI=1S/C16H23N3OS/c17-5-1-2-14-4-11-21-16(14)13-18-6-3-15(12-18)19-7-9-20-10-8-19/h4,11,15H,3,5-10,12-13,17H2. The highest BCUT2D eigenvalue weighted by Gasteiger charge is 2.28. The number of thiophene rings is 1. The molecule has 0 bridgehead atoms. The van der Waals surface area contributed by atoms with Gasteiger partial charge in [-0.2, -0.15) is 0 Å². The van der Waals surface area contributed by atoms with Crippen LogP contribution in [0.4, 0.5) is 0 Å². The highest BCUT2D eigenvalue weighted by molar-refractivity contribution is 7.10. The fraction of sp³-hybridized carbons (Fsp3) is 0.625. The quantitative estimate of drug-likeness (QED) is 0.845. The number of nitrogens with zero attached hydrogens (tertiary/aromatic N) is 2. The molecule has 114 valence electrons. The Hall–Kier alpha value is -0.900. The second-order valence-electron chi connectivity index (χ2n) is 5.59. The van der Waals surface area contributed by atoms with Crippen LogP contribution < -0.4 is 5.73 Å². The molecule has 0 radical (unpaired) electrons. The van der Waals surface area contributed by atoms with Crippen molar-refractivity contribution in [1.82, 2.24) is 9.80 Å². The molecule has 21 heavy (non-hydrogen) atoms. The minimum atomic E-state index is 0.429. The summed E-state index contributed by atoms with van der Waals surface area (Å²) in [6.07, 6.45) is 1.27. The number of hydrogen-bond acceptors (Lipinski definition) is 5. The lowest BCUT2D eigenvalue weighted by molar-refractivity contribution is 0.0184. The Morgan fingerprint density at radius 3 is 3.00 bits per heavy atom. The molecular weight excluding hydrogens is 282 g/mol. The summed E-state index contributed by atoms with van der Waals surface area (Å²) in [6.45, 7) is 7.76. The van der Waals surface area contributed by atoms with Gasteiger partial charge in [0, 0.05) is 49.2 Å². The van der Waals surface area contributed by atoms with E-state index in [1.807, 2.05) is 0 Å². The summed E-state index contributed by atoms with van der Waals surface area (Å²) >= 11 is 1.81. The first-order valence-electron chi connectivity index (χ1n) is 7.66. The maximum Gasteiger partial charge on any atom is 0.0594 e. The molecule has 2 N–H and O–H groups in total. The van der Waals surface area contributed by atoms with E-state index in [2.05, 4.69) is 33.1 Å². The molecule has 0 aromatic carbocycles. The van der Waals surface area contributed by atoms with Crippen LogP contribution in [0.3, 0.4) is 0 Å². The van der Waals surface area contributed by atoms with Crippen LogP contribution in [0.15, 0.2) is 11.4 Å². The first-order chi connectivity index (χ1) is 10.4. The number of hydrogen-bond donors (Lipinski definition) is 1. The van der Waals surface area contributed by atoms with Crippen LogP contribution in [0.2, 0.25) is 0 Å². The highest BCUT2D eigenvalue weighted by atomic mass is 32.1. The first kappa shape index (κ1) is 15.0. The van der Waals surface area contributed by atoms with E-state index in [0.29, 0.717) is 12.6 Å². The lowest BCUT2D eigenvalue weighted by Crippen LogP contribution is -2.44. The van der Waals surface area contributed by atoms with Crippen molar-refractivity contribution in [2.24, 2.45) is 5.73 Å². The van der Waals surface area contributed by atoms with Gasteiger partial charge in [0.15, 0.2) is 0 Å². The molecule has 2 fully saturated rings. The van der Waals surface area contributed by atoms with E-state index in [0.717, 1.165) is 38.4 Å². The maximum absolute atomic E-state index is 5.46. The molecule has 4 nitrogen and oxygen atoms in total. The molecule has 2 saturated heterocycles. The summed E-state index contributed by atoms with van der Waals surface area (Å²) in [5.74, 6) is 6.14. The summed E-state index contributed by atoms with van der Waals surface area (Å²) in [4.78, 5) is 6.52. The van der Waals surface area contributed by atoms with Gasteiger partial charge in [-0.1, -0.05) is 11.8 Å².